The zero-order valence-corrected chi connectivity index (χ0v) is 6.66. The fourth-order valence-electron chi connectivity index (χ4n) is 2.66. The number of ketones is 1. The summed E-state index contributed by atoms with van der Waals surface area (Å²) in [6, 6.07) is 0. The summed E-state index contributed by atoms with van der Waals surface area (Å²) >= 11 is 0. The quantitative estimate of drug-likeness (QED) is 0.535. The normalized spacial score (nSPS) is 53.8. The molecule has 3 rings (SSSR count). The van der Waals surface area contributed by atoms with E-state index < -0.39 is 0 Å². The van der Waals surface area contributed by atoms with E-state index >= 15 is 0 Å². The Bertz CT molecular complexity index is 311. The van der Waals surface area contributed by atoms with Crippen LogP contribution in [0, 0.1) is 10.8 Å². The molecule has 0 amide bonds. The number of Topliss-reactive ketones (excluding diaryl/α,β-unsaturated/α-hetero) is 1. The zero-order valence-electron chi connectivity index (χ0n) is 6.66. The molecule has 62 valence electrons. The van der Waals surface area contributed by atoms with E-state index in [1.165, 1.54) is 0 Å². The van der Waals surface area contributed by atoms with Gasteiger partial charge in [-0.1, -0.05) is 24.3 Å². The SMILES string of the molecule is O=C1CCC(O)C23C=CC12C=C3. The topological polar surface area (TPSA) is 37.3 Å². The number of aliphatic hydroxyl groups excluding tert-OH is 1. The predicted molar refractivity (Wildman–Crippen MR) is 43.4 cm³/mol. The van der Waals surface area contributed by atoms with Gasteiger partial charge in [-0.15, -0.1) is 0 Å². The molecule has 1 atom stereocenters. The van der Waals surface area contributed by atoms with Crippen molar-refractivity contribution in [1.29, 1.82) is 0 Å². The second-order valence-corrected chi connectivity index (χ2v) is 3.95. The fraction of sp³-hybridized carbons (Fsp3) is 0.500. The van der Waals surface area contributed by atoms with Crippen LogP contribution >= 0.6 is 0 Å². The van der Waals surface area contributed by atoms with Gasteiger partial charge in [0.15, 0.2) is 0 Å². The van der Waals surface area contributed by atoms with Gasteiger partial charge in [-0.25, -0.2) is 0 Å². The molecule has 1 N–H and O–H groups in total. The van der Waals surface area contributed by atoms with Gasteiger partial charge in [0.05, 0.1) is 16.9 Å². The summed E-state index contributed by atoms with van der Waals surface area (Å²) in [5, 5.41) is 9.74. The van der Waals surface area contributed by atoms with Crippen LogP contribution in [0.4, 0.5) is 0 Å². The van der Waals surface area contributed by atoms with Crippen molar-refractivity contribution in [2.45, 2.75) is 18.9 Å². The molecule has 1 fully saturated rings. The minimum absolute atomic E-state index is 0.276. The smallest absolute Gasteiger partial charge is 0.147 e. The summed E-state index contributed by atoms with van der Waals surface area (Å²) in [6.45, 7) is 0. The molecule has 3 aliphatic carbocycles. The van der Waals surface area contributed by atoms with Crippen LogP contribution in [0.1, 0.15) is 12.8 Å². The van der Waals surface area contributed by atoms with Crippen molar-refractivity contribution in [2.75, 3.05) is 0 Å². The minimum atomic E-state index is -0.384. The lowest BCUT2D eigenvalue weighted by Gasteiger charge is -2.60. The minimum Gasteiger partial charge on any atom is -0.392 e. The maximum atomic E-state index is 11.6. The van der Waals surface area contributed by atoms with Gasteiger partial charge < -0.3 is 5.11 Å². The van der Waals surface area contributed by atoms with E-state index in [4.69, 9.17) is 0 Å². The third-order valence-electron chi connectivity index (χ3n) is 3.62. The van der Waals surface area contributed by atoms with Gasteiger partial charge in [-0.2, -0.15) is 0 Å². The number of carbonyl (C=O) groups excluding carboxylic acids is 1. The Labute approximate surface area is 70.6 Å². The Kier molecular flexibility index (Phi) is 0.865. The number of rotatable bonds is 0. The lowest BCUT2D eigenvalue weighted by molar-refractivity contribution is -0.142. The lowest BCUT2D eigenvalue weighted by Crippen LogP contribution is -2.63. The Morgan fingerprint density at radius 3 is 2.42 bits per heavy atom. The maximum Gasteiger partial charge on any atom is 0.147 e. The van der Waals surface area contributed by atoms with Gasteiger partial charge in [-0.3, -0.25) is 4.79 Å². The van der Waals surface area contributed by atoms with Gasteiger partial charge in [0.2, 0.25) is 0 Å². The van der Waals surface area contributed by atoms with Crippen LogP contribution in [0.3, 0.4) is 0 Å². The van der Waals surface area contributed by atoms with E-state index in [0.717, 1.165) is 0 Å². The molecule has 0 saturated heterocycles. The molecule has 2 nitrogen and oxygen atoms in total. The molecular formula is C10H10O2. The third-order valence-corrected chi connectivity index (χ3v) is 3.62. The molecular weight excluding hydrogens is 152 g/mol. The second-order valence-electron chi connectivity index (χ2n) is 3.95. The van der Waals surface area contributed by atoms with Crippen molar-refractivity contribution in [2.24, 2.45) is 10.8 Å². The van der Waals surface area contributed by atoms with Gasteiger partial charge in [0.1, 0.15) is 5.78 Å². The van der Waals surface area contributed by atoms with Crippen molar-refractivity contribution in [1.82, 2.24) is 0 Å². The monoisotopic (exact) mass is 162 g/mol. The van der Waals surface area contributed by atoms with Crippen LogP contribution in [0.5, 0.6) is 0 Å². The first kappa shape index (κ1) is 6.61. The number of allylic oxidation sites excluding steroid dienone is 2. The highest BCUT2D eigenvalue weighted by Crippen LogP contribution is 2.65. The molecule has 1 unspecified atom stereocenters. The molecule has 1 saturated carbocycles. The first-order valence-electron chi connectivity index (χ1n) is 4.33. The molecule has 0 heterocycles. The highest BCUT2D eigenvalue weighted by atomic mass is 16.3. The van der Waals surface area contributed by atoms with Crippen LogP contribution in [-0.2, 0) is 4.79 Å². The molecule has 0 radical (unpaired) electrons. The number of carbonyl (C=O) groups is 1. The van der Waals surface area contributed by atoms with Crippen molar-refractivity contribution in [3.63, 3.8) is 0 Å². The highest BCUT2D eigenvalue weighted by molar-refractivity contribution is 5.96. The lowest BCUT2D eigenvalue weighted by atomic mass is 9.42. The number of aliphatic hydroxyl groups is 1. The van der Waals surface area contributed by atoms with Gasteiger partial charge in [-0.05, 0) is 6.42 Å². The average molecular weight is 162 g/mol. The van der Waals surface area contributed by atoms with E-state index in [1.54, 1.807) is 0 Å². The molecule has 0 bridgehead atoms. The molecule has 3 aliphatic rings. The van der Waals surface area contributed by atoms with Crippen LogP contribution in [0.15, 0.2) is 24.3 Å². The Morgan fingerprint density at radius 1 is 1.33 bits per heavy atom. The summed E-state index contributed by atoms with van der Waals surface area (Å²) in [5.74, 6) is 0.276. The molecule has 0 aromatic heterocycles. The van der Waals surface area contributed by atoms with Gasteiger partial charge in [0.25, 0.3) is 0 Å². The molecule has 0 spiro atoms. The van der Waals surface area contributed by atoms with E-state index in [2.05, 4.69) is 0 Å². The summed E-state index contributed by atoms with van der Waals surface area (Å²) in [6.07, 6.45) is 8.59. The van der Waals surface area contributed by atoms with Gasteiger partial charge >= 0.3 is 0 Å². The summed E-state index contributed by atoms with van der Waals surface area (Å²) < 4.78 is 0. The predicted octanol–water partition coefficient (Wildman–Crippen LogP) is 0.823. The van der Waals surface area contributed by atoms with Crippen LogP contribution in [0.2, 0.25) is 0 Å². The van der Waals surface area contributed by atoms with E-state index in [9.17, 15) is 9.90 Å². The second kappa shape index (κ2) is 1.57. The molecule has 0 aliphatic heterocycles. The first-order valence-corrected chi connectivity index (χ1v) is 4.33. The Hall–Kier alpha value is -0.890. The van der Waals surface area contributed by atoms with Crippen LogP contribution in [0.25, 0.3) is 0 Å². The van der Waals surface area contributed by atoms with Crippen LogP contribution < -0.4 is 0 Å². The van der Waals surface area contributed by atoms with Crippen molar-refractivity contribution >= 4 is 5.78 Å². The first-order chi connectivity index (χ1) is 5.71. The van der Waals surface area contributed by atoms with E-state index in [-0.39, 0.29) is 22.7 Å². The maximum absolute atomic E-state index is 11.6. The molecule has 0 aromatic rings. The third kappa shape index (κ3) is 0.392. The fourth-order valence-corrected chi connectivity index (χ4v) is 2.66. The molecule has 12 heavy (non-hydrogen) atoms. The average Bonchev–Trinajstić information content (AvgIpc) is 2.03. The van der Waals surface area contributed by atoms with Crippen molar-refractivity contribution in [3.05, 3.63) is 24.3 Å². The zero-order chi connectivity index (χ0) is 8.40. The molecule has 0 aromatic carbocycles. The Balaban J connectivity index is 2.16. The van der Waals surface area contributed by atoms with Crippen molar-refractivity contribution in [3.8, 4) is 0 Å². The highest BCUT2D eigenvalue weighted by Gasteiger charge is 2.66. The van der Waals surface area contributed by atoms with E-state index in [0.29, 0.717) is 12.8 Å². The summed E-state index contributed by atoms with van der Waals surface area (Å²) in [7, 11) is 0. The largest absolute Gasteiger partial charge is 0.392 e. The standard InChI is InChI=1S/C10H10O2/c11-7-1-2-8(12)10-5-3-9(7,10)4-6-10/h3-7,11H,1-2H2. The Morgan fingerprint density at radius 2 is 2.00 bits per heavy atom. The molecule has 2 heteroatoms. The van der Waals surface area contributed by atoms with E-state index in [1.807, 2.05) is 24.3 Å². The van der Waals surface area contributed by atoms with Crippen LogP contribution in [-0.4, -0.2) is 17.0 Å². The number of hydrogen-bond acceptors (Lipinski definition) is 2. The summed E-state index contributed by atoms with van der Waals surface area (Å²) in [5.41, 5.74) is -0.674. The number of hydrogen-bond donors (Lipinski definition) is 1. The summed E-state index contributed by atoms with van der Waals surface area (Å²) in [4.78, 5) is 11.6. The van der Waals surface area contributed by atoms with Crippen molar-refractivity contribution < 1.29 is 9.90 Å². The van der Waals surface area contributed by atoms with Gasteiger partial charge in [0, 0.05) is 6.42 Å².